The van der Waals surface area contributed by atoms with Crippen molar-refractivity contribution < 1.29 is 9.53 Å². The third-order valence-corrected chi connectivity index (χ3v) is 5.27. The molecule has 1 aliphatic rings. The number of piperidine rings is 1. The number of ether oxygens (including phenoxy) is 1. The number of benzene rings is 2. The minimum atomic E-state index is -0.309. The van der Waals surface area contributed by atoms with E-state index in [1.54, 1.807) is 7.11 Å². The van der Waals surface area contributed by atoms with E-state index in [0.717, 1.165) is 36.3 Å². The fraction of sp³-hybridized carbons (Fsp3) is 0.381. The van der Waals surface area contributed by atoms with Crippen LogP contribution in [0.25, 0.3) is 0 Å². The van der Waals surface area contributed by atoms with Crippen LogP contribution < -0.4 is 15.4 Å². The van der Waals surface area contributed by atoms with Gasteiger partial charge in [0.05, 0.1) is 13.2 Å². The highest BCUT2D eigenvalue weighted by molar-refractivity contribution is 6.31. The molecule has 5 heteroatoms. The number of hydrogen-bond acceptors (Lipinski definition) is 3. The Balaban J connectivity index is 1.90. The predicted octanol–water partition coefficient (Wildman–Crippen LogP) is 3.94. The van der Waals surface area contributed by atoms with Crippen LogP contribution in [0.1, 0.15) is 36.9 Å². The first-order chi connectivity index (χ1) is 12.6. The molecule has 2 aromatic carbocycles. The maximum atomic E-state index is 13.0. The van der Waals surface area contributed by atoms with Gasteiger partial charge in [-0.3, -0.25) is 4.79 Å². The average Bonchev–Trinajstić information content (AvgIpc) is 2.66. The van der Waals surface area contributed by atoms with Crippen molar-refractivity contribution in [2.45, 2.75) is 31.8 Å². The van der Waals surface area contributed by atoms with E-state index in [1.165, 1.54) is 0 Å². The second kappa shape index (κ2) is 8.56. The van der Waals surface area contributed by atoms with Crippen molar-refractivity contribution >= 4 is 17.5 Å². The summed E-state index contributed by atoms with van der Waals surface area (Å²) in [7, 11) is 1.64. The molecule has 0 spiro atoms. The summed E-state index contributed by atoms with van der Waals surface area (Å²) in [6.45, 7) is 2.99. The van der Waals surface area contributed by atoms with Crippen molar-refractivity contribution in [2.24, 2.45) is 5.92 Å². The molecule has 1 aliphatic heterocycles. The van der Waals surface area contributed by atoms with Gasteiger partial charge in [-0.05, 0) is 55.6 Å². The summed E-state index contributed by atoms with van der Waals surface area (Å²) in [5.74, 6) is 0.845. The Morgan fingerprint density at radius 3 is 2.81 bits per heavy atom. The van der Waals surface area contributed by atoms with E-state index in [1.807, 2.05) is 48.5 Å². The lowest BCUT2D eigenvalue weighted by molar-refractivity contribution is -0.126. The first kappa shape index (κ1) is 18.7. The van der Waals surface area contributed by atoms with Crippen molar-refractivity contribution in [2.75, 3.05) is 13.7 Å². The predicted molar refractivity (Wildman–Crippen MR) is 105 cm³/mol. The molecule has 3 atom stereocenters. The third-order valence-electron chi connectivity index (χ3n) is 4.92. The van der Waals surface area contributed by atoms with Crippen molar-refractivity contribution in [3.8, 4) is 5.75 Å². The fourth-order valence-corrected chi connectivity index (χ4v) is 3.75. The summed E-state index contributed by atoms with van der Waals surface area (Å²) in [6, 6.07) is 15.4. The second-order valence-electron chi connectivity index (χ2n) is 6.82. The van der Waals surface area contributed by atoms with Gasteiger partial charge in [-0.1, -0.05) is 41.9 Å². The molecule has 138 valence electrons. The monoisotopic (exact) mass is 372 g/mol. The van der Waals surface area contributed by atoms with Gasteiger partial charge in [0.1, 0.15) is 5.75 Å². The summed E-state index contributed by atoms with van der Waals surface area (Å²) in [4.78, 5) is 13.0. The molecule has 0 bridgehead atoms. The molecular weight excluding hydrogens is 348 g/mol. The summed E-state index contributed by atoms with van der Waals surface area (Å²) < 4.78 is 5.35. The van der Waals surface area contributed by atoms with Gasteiger partial charge in [0.15, 0.2) is 0 Å². The zero-order valence-electron chi connectivity index (χ0n) is 15.2. The molecule has 1 saturated heterocycles. The van der Waals surface area contributed by atoms with Crippen LogP contribution in [0.4, 0.5) is 0 Å². The lowest BCUT2D eigenvalue weighted by Gasteiger charge is -2.29. The smallest absolute Gasteiger partial charge is 0.223 e. The zero-order valence-corrected chi connectivity index (χ0v) is 15.9. The first-order valence-corrected chi connectivity index (χ1v) is 9.38. The van der Waals surface area contributed by atoms with Gasteiger partial charge in [-0.15, -0.1) is 0 Å². The zero-order chi connectivity index (χ0) is 18.5. The topological polar surface area (TPSA) is 50.4 Å². The molecule has 0 aliphatic carbocycles. The van der Waals surface area contributed by atoms with E-state index in [0.29, 0.717) is 11.1 Å². The second-order valence-corrected chi connectivity index (χ2v) is 7.22. The molecular formula is C21H25ClN2O2. The number of methoxy groups -OCH3 is 1. The van der Waals surface area contributed by atoms with Crippen LogP contribution in [-0.4, -0.2) is 25.6 Å². The number of carbonyl (C=O) groups is 1. The number of halogens is 1. The lowest BCUT2D eigenvalue weighted by Crippen LogP contribution is -2.43. The number of amides is 1. The number of nitrogens with one attached hydrogen (secondary N) is 2. The molecule has 4 nitrogen and oxygen atoms in total. The Labute approximate surface area is 159 Å². The van der Waals surface area contributed by atoms with E-state index < -0.39 is 0 Å². The number of rotatable bonds is 5. The van der Waals surface area contributed by atoms with Gasteiger partial charge >= 0.3 is 0 Å². The molecule has 26 heavy (non-hydrogen) atoms. The first-order valence-electron chi connectivity index (χ1n) is 9.00. The van der Waals surface area contributed by atoms with Crippen molar-refractivity contribution in [3.05, 3.63) is 64.7 Å². The highest BCUT2D eigenvalue weighted by Crippen LogP contribution is 2.31. The molecule has 2 N–H and O–H groups in total. The van der Waals surface area contributed by atoms with Gasteiger partial charge in [0, 0.05) is 17.0 Å². The molecule has 1 unspecified atom stereocenters. The molecule has 0 radical (unpaired) electrons. The summed E-state index contributed by atoms with van der Waals surface area (Å²) >= 11 is 6.44. The van der Waals surface area contributed by atoms with Crippen LogP contribution in [0, 0.1) is 5.92 Å². The highest BCUT2D eigenvalue weighted by atomic mass is 35.5. The molecule has 1 heterocycles. The van der Waals surface area contributed by atoms with Crippen molar-refractivity contribution in [1.82, 2.24) is 10.6 Å². The standard InChI is InChI=1S/C21H25ClN2O2/c1-14-12-16(10-11-23-14)21(25)24-20(18-8-3-4-9-19(18)22)15-6-5-7-17(13-15)26-2/h3-9,13-14,16,20,23H,10-12H2,1-2H3,(H,24,25)/t14-,16-,20?/m0/s1. The molecule has 0 saturated carbocycles. The number of hydrogen-bond donors (Lipinski definition) is 2. The molecule has 0 aromatic heterocycles. The summed E-state index contributed by atoms with van der Waals surface area (Å²) in [5, 5.41) is 7.25. The fourth-order valence-electron chi connectivity index (χ4n) is 3.50. The Morgan fingerprint density at radius 2 is 2.08 bits per heavy atom. The van der Waals surface area contributed by atoms with E-state index in [4.69, 9.17) is 16.3 Å². The van der Waals surface area contributed by atoms with Crippen molar-refractivity contribution in [1.29, 1.82) is 0 Å². The Kier molecular flexibility index (Phi) is 6.17. The van der Waals surface area contributed by atoms with E-state index in [-0.39, 0.29) is 17.9 Å². The molecule has 1 fully saturated rings. The maximum Gasteiger partial charge on any atom is 0.223 e. The normalized spacial score (nSPS) is 21.0. The van der Waals surface area contributed by atoms with Crippen molar-refractivity contribution in [3.63, 3.8) is 0 Å². The summed E-state index contributed by atoms with van der Waals surface area (Å²) in [6.07, 6.45) is 1.70. The van der Waals surface area contributed by atoms with Crippen LogP contribution in [-0.2, 0) is 4.79 Å². The Hall–Kier alpha value is -2.04. The largest absolute Gasteiger partial charge is 0.497 e. The Bertz CT molecular complexity index is 765. The number of carbonyl (C=O) groups excluding carboxylic acids is 1. The van der Waals surface area contributed by atoms with E-state index in [9.17, 15) is 4.79 Å². The van der Waals surface area contributed by atoms with Crippen LogP contribution in [0.3, 0.4) is 0 Å². The lowest BCUT2D eigenvalue weighted by atomic mass is 9.91. The Morgan fingerprint density at radius 1 is 1.27 bits per heavy atom. The van der Waals surface area contributed by atoms with Crippen LogP contribution in [0.2, 0.25) is 5.02 Å². The van der Waals surface area contributed by atoms with Gasteiger partial charge < -0.3 is 15.4 Å². The third kappa shape index (κ3) is 4.37. The van der Waals surface area contributed by atoms with Crippen LogP contribution in [0.5, 0.6) is 5.75 Å². The molecule has 3 rings (SSSR count). The average molecular weight is 373 g/mol. The van der Waals surface area contributed by atoms with Gasteiger partial charge in [-0.2, -0.15) is 0 Å². The highest BCUT2D eigenvalue weighted by Gasteiger charge is 2.28. The van der Waals surface area contributed by atoms with E-state index in [2.05, 4.69) is 17.6 Å². The molecule has 1 amide bonds. The minimum Gasteiger partial charge on any atom is -0.497 e. The SMILES string of the molecule is COc1cccc(C(NC(=O)[C@H]2CCN[C@@H](C)C2)c2ccccc2Cl)c1. The maximum absolute atomic E-state index is 13.0. The van der Waals surface area contributed by atoms with Gasteiger partial charge in [0.25, 0.3) is 0 Å². The molecule has 2 aromatic rings. The summed E-state index contributed by atoms with van der Waals surface area (Å²) in [5.41, 5.74) is 1.84. The quantitative estimate of drug-likeness (QED) is 0.835. The minimum absolute atomic E-state index is 0.0156. The van der Waals surface area contributed by atoms with Gasteiger partial charge in [-0.25, -0.2) is 0 Å². The van der Waals surface area contributed by atoms with E-state index >= 15 is 0 Å². The van der Waals surface area contributed by atoms with Gasteiger partial charge in [0.2, 0.25) is 5.91 Å². The van der Waals surface area contributed by atoms with Crippen LogP contribution >= 0.6 is 11.6 Å². The van der Waals surface area contributed by atoms with Crippen LogP contribution in [0.15, 0.2) is 48.5 Å².